The van der Waals surface area contributed by atoms with E-state index in [1.165, 1.54) is 0 Å². The summed E-state index contributed by atoms with van der Waals surface area (Å²) in [6.45, 7) is 0.767. The molecular weight excluding hydrogens is 135 g/mol. The fourth-order valence-electron chi connectivity index (χ4n) is 0.292. The molecule has 7 heavy (non-hydrogen) atoms. The Bertz CT molecular complexity index is 91.9. The van der Waals surface area contributed by atoms with Crippen LogP contribution in [0, 0.1) is 0 Å². The molecule has 0 radical (unpaired) electrons. The topological polar surface area (TPSA) is 12.5 Å². The lowest BCUT2D eigenvalue weighted by molar-refractivity contribution is 0.440. The minimum Gasteiger partial charge on any atom is -0.369 e. The van der Waals surface area contributed by atoms with Crippen LogP contribution in [0.1, 0.15) is 0 Å². The molecule has 0 bridgehead atoms. The zero-order chi connectivity index (χ0) is 5.28. The molecule has 1 heterocycles. The fraction of sp³-hybridized carbons (Fsp3) is 0.500. The maximum atomic E-state index is 5.26. The van der Waals surface area contributed by atoms with Crippen LogP contribution in [-0.4, -0.2) is 12.7 Å². The van der Waals surface area contributed by atoms with Crippen molar-refractivity contribution in [3.05, 3.63) is 10.6 Å². The average molecular weight is 139 g/mol. The lowest BCUT2D eigenvalue weighted by Crippen LogP contribution is -1.71. The third kappa shape index (κ3) is 2.17. The molecule has 1 atom stereocenters. The summed E-state index contributed by atoms with van der Waals surface area (Å²) in [5.41, 5.74) is 0. The molecule has 0 aromatic heterocycles. The van der Waals surface area contributed by atoms with Crippen molar-refractivity contribution in [2.45, 2.75) is 6.10 Å². The van der Waals surface area contributed by atoms with Crippen molar-refractivity contribution in [2.24, 2.45) is 0 Å². The quantitative estimate of drug-likeness (QED) is 0.503. The summed E-state index contributed by atoms with van der Waals surface area (Å²) in [6, 6.07) is 0. The van der Waals surface area contributed by atoms with Crippen LogP contribution in [0.5, 0.6) is 0 Å². The molecule has 1 nitrogen and oxygen atoms in total. The van der Waals surface area contributed by atoms with Gasteiger partial charge in [0.2, 0.25) is 0 Å². The van der Waals surface area contributed by atoms with E-state index in [0.29, 0.717) is 4.49 Å². The SMILES string of the molecule is ClC(Cl)=CC1CO1. The van der Waals surface area contributed by atoms with Crippen LogP contribution in [0.3, 0.4) is 0 Å². The largest absolute Gasteiger partial charge is 0.369 e. The first-order valence-electron chi connectivity index (χ1n) is 1.93. The normalized spacial score (nSPS) is 26.9. The zero-order valence-corrected chi connectivity index (χ0v) is 5.04. The van der Waals surface area contributed by atoms with Crippen molar-refractivity contribution in [1.82, 2.24) is 0 Å². The molecule has 1 rings (SSSR count). The van der Waals surface area contributed by atoms with Crippen molar-refractivity contribution in [3.8, 4) is 0 Å². The lowest BCUT2D eigenvalue weighted by atomic mass is 10.5. The van der Waals surface area contributed by atoms with Gasteiger partial charge in [-0.05, 0) is 6.08 Å². The Balaban J connectivity index is 2.29. The average Bonchev–Trinajstić information content (AvgIpc) is 2.17. The van der Waals surface area contributed by atoms with E-state index in [1.54, 1.807) is 6.08 Å². The van der Waals surface area contributed by atoms with Crippen LogP contribution in [0.25, 0.3) is 0 Å². The summed E-state index contributed by atoms with van der Waals surface area (Å²) < 4.78 is 5.07. The first-order chi connectivity index (χ1) is 3.29. The van der Waals surface area contributed by atoms with Crippen LogP contribution >= 0.6 is 23.2 Å². The van der Waals surface area contributed by atoms with Gasteiger partial charge in [-0.25, -0.2) is 0 Å². The third-order valence-electron chi connectivity index (χ3n) is 0.671. The summed E-state index contributed by atoms with van der Waals surface area (Å²) in [6.07, 6.45) is 1.87. The van der Waals surface area contributed by atoms with Gasteiger partial charge in [0, 0.05) is 0 Å². The maximum Gasteiger partial charge on any atom is 0.105 e. The van der Waals surface area contributed by atoms with Gasteiger partial charge in [0.15, 0.2) is 0 Å². The Kier molecular flexibility index (Phi) is 1.57. The van der Waals surface area contributed by atoms with E-state index >= 15 is 0 Å². The van der Waals surface area contributed by atoms with Crippen molar-refractivity contribution >= 4 is 23.2 Å². The standard InChI is InChI=1S/C4H4Cl2O/c5-4(6)1-3-2-7-3/h1,3H,2H2. The first kappa shape index (κ1) is 5.42. The molecule has 1 saturated heterocycles. The maximum absolute atomic E-state index is 5.26. The molecule has 1 unspecified atom stereocenters. The van der Waals surface area contributed by atoms with Gasteiger partial charge in [-0.15, -0.1) is 0 Å². The molecule has 0 spiro atoms. The van der Waals surface area contributed by atoms with Crippen molar-refractivity contribution < 1.29 is 4.74 Å². The van der Waals surface area contributed by atoms with E-state index in [-0.39, 0.29) is 6.10 Å². The van der Waals surface area contributed by atoms with Crippen LogP contribution < -0.4 is 0 Å². The Morgan fingerprint density at radius 2 is 2.29 bits per heavy atom. The van der Waals surface area contributed by atoms with Crippen LogP contribution in [0.15, 0.2) is 10.6 Å². The molecule has 1 fully saturated rings. The highest BCUT2D eigenvalue weighted by atomic mass is 35.5. The number of hydrogen-bond donors (Lipinski definition) is 0. The zero-order valence-electron chi connectivity index (χ0n) is 3.53. The minimum atomic E-state index is 0.199. The van der Waals surface area contributed by atoms with Crippen LogP contribution in [0.4, 0.5) is 0 Å². The van der Waals surface area contributed by atoms with Crippen molar-refractivity contribution in [1.29, 1.82) is 0 Å². The van der Waals surface area contributed by atoms with Gasteiger partial charge in [0.25, 0.3) is 0 Å². The first-order valence-corrected chi connectivity index (χ1v) is 2.69. The monoisotopic (exact) mass is 138 g/mol. The van der Waals surface area contributed by atoms with Gasteiger partial charge < -0.3 is 4.74 Å². The summed E-state index contributed by atoms with van der Waals surface area (Å²) in [5, 5.41) is 0. The lowest BCUT2D eigenvalue weighted by Gasteiger charge is -1.74. The van der Waals surface area contributed by atoms with E-state index in [0.717, 1.165) is 6.61 Å². The molecule has 0 aliphatic carbocycles. The Hall–Kier alpha value is 0.280. The van der Waals surface area contributed by atoms with E-state index in [2.05, 4.69) is 0 Å². The predicted molar refractivity (Wildman–Crippen MR) is 29.5 cm³/mol. The molecule has 0 N–H and O–H groups in total. The molecule has 0 amide bonds. The van der Waals surface area contributed by atoms with Crippen LogP contribution in [0.2, 0.25) is 0 Å². The molecule has 1 aliphatic rings. The molecule has 40 valence electrons. The van der Waals surface area contributed by atoms with Gasteiger partial charge in [-0.1, -0.05) is 23.2 Å². The van der Waals surface area contributed by atoms with E-state index < -0.39 is 0 Å². The Morgan fingerprint density at radius 1 is 1.71 bits per heavy atom. The van der Waals surface area contributed by atoms with Crippen molar-refractivity contribution in [2.75, 3.05) is 6.61 Å². The molecule has 0 saturated carbocycles. The molecular formula is C4H4Cl2O. The summed E-state index contributed by atoms with van der Waals surface area (Å²) in [7, 11) is 0. The molecule has 1 aliphatic heterocycles. The fourth-order valence-corrected chi connectivity index (χ4v) is 0.573. The Labute approximate surface area is 51.9 Å². The molecule has 3 heteroatoms. The highest BCUT2D eigenvalue weighted by Gasteiger charge is 2.19. The third-order valence-corrected chi connectivity index (χ3v) is 0.923. The molecule has 0 aromatic carbocycles. The van der Waals surface area contributed by atoms with Gasteiger partial charge in [0.05, 0.1) is 6.61 Å². The van der Waals surface area contributed by atoms with Gasteiger partial charge in [-0.3, -0.25) is 0 Å². The highest BCUT2D eigenvalue weighted by molar-refractivity contribution is 6.55. The minimum absolute atomic E-state index is 0.199. The predicted octanol–water partition coefficient (Wildman–Crippen LogP) is 1.70. The van der Waals surface area contributed by atoms with E-state index in [4.69, 9.17) is 27.9 Å². The second-order valence-electron chi connectivity index (χ2n) is 1.33. The Morgan fingerprint density at radius 3 is 2.43 bits per heavy atom. The number of rotatable bonds is 1. The second kappa shape index (κ2) is 2.03. The van der Waals surface area contributed by atoms with E-state index in [9.17, 15) is 0 Å². The number of epoxide rings is 1. The summed E-state index contributed by atoms with van der Waals surface area (Å²) in [5.74, 6) is 0. The molecule has 0 aromatic rings. The summed E-state index contributed by atoms with van der Waals surface area (Å²) >= 11 is 10.5. The van der Waals surface area contributed by atoms with Crippen LogP contribution in [-0.2, 0) is 4.74 Å². The second-order valence-corrected chi connectivity index (χ2v) is 2.34. The van der Waals surface area contributed by atoms with Crippen molar-refractivity contribution in [3.63, 3.8) is 0 Å². The van der Waals surface area contributed by atoms with Gasteiger partial charge in [-0.2, -0.15) is 0 Å². The number of halogens is 2. The number of ether oxygens (including phenoxy) is 1. The van der Waals surface area contributed by atoms with Gasteiger partial charge >= 0.3 is 0 Å². The highest BCUT2D eigenvalue weighted by Crippen LogP contribution is 2.16. The summed E-state index contributed by atoms with van der Waals surface area (Å²) in [4.78, 5) is 0. The van der Waals surface area contributed by atoms with Gasteiger partial charge in [0.1, 0.15) is 10.6 Å². The van der Waals surface area contributed by atoms with E-state index in [1.807, 2.05) is 0 Å². The smallest absolute Gasteiger partial charge is 0.105 e. The number of hydrogen-bond acceptors (Lipinski definition) is 1.